The van der Waals surface area contributed by atoms with Gasteiger partial charge >= 0.3 is 0 Å². The summed E-state index contributed by atoms with van der Waals surface area (Å²) in [6.45, 7) is 1.16. The number of nitrogens with zero attached hydrogens (tertiary/aromatic N) is 2. The first-order valence-corrected chi connectivity index (χ1v) is 11.1. The molecule has 7 heteroatoms. The van der Waals surface area contributed by atoms with Gasteiger partial charge in [-0.2, -0.15) is 4.31 Å². The van der Waals surface area contributed by atoms with Crippen LogP contribution in [0.4, 0.5) is 0 Å². The fraction of sp³-hybridized carbons (Fsp3) is 0.273. The van der Waals surface area contributed by atoms with E-state index in [-0.39, 0.29) is 37.6 Å². The maximum absolute atomic E-state index is 12.5. The van der Waals surface area contributed by atoms with E-state index < -0.39 is 10.0 Å². The number of sulfonamides is 1. The zero-order valence-corrected chi connectivity index (χ0v) is 16.9. The average Bonchev–Trinajstić information content (AvgIpc) is 2.77. The molecule has 1 saturated heterocycles. The fourth-order valence-electron chi connectivity index (χ4n) is 3.15. The van der Waals surface area contributed by atoms with Gasteiger partial charge in [0.05, 0.1) is 0 Å². The van der Waals surface area contributed by atoms with Crippen molar-refractivity contribution in [3.05, 3.63) is 77.2 Å². The van der Waals surface area contributed by atoms with E-state index in [1.165, 1.54) is 9.71 Å². The molecule has 0 N–H and O–H groups in total. The van der Waals surface area contributed by atoms with Crippen molar-refractivity contribution >= 4 is 27.8 Å². The van der Waals surface area contributed by atoms with Crippen LogP contribution in [0.3, 0.4) is 0 Å². The number of carbonyl (C=O) groups excluding carboxylic acids is 2. The van der Waals surface area contributed by atoms with E-state index in [4.69, 9.17) is 0 Å². The molecule has 1 fully saturated rings. The van der Waals surface area contributed by atoms with Gasteiger partial charge in [0.1, 0.15) is 0 Å². The minimum absolute atomic E-state index is 0.0637. The summed E-state index contributed by atoms with van der Waals surface area (Å²) in [7, 11) is -3.53. The molecule has 152 valence electrons. The summed E-state index contributed by atoms with van der Waals surface area (Å²) in [6.07, 6.45) is 1.86. The minimum Gasteiger partial charge on any atom is -0.340 e. The quantitative estimate of drug-likeness (QED) is 0.656. The Kier molecular flexibility index (Phi) is 6.95. The largest absolute Gasteiger partial charge is 0.340 e. The van der Waals surface area contributed by atoms with E-state index in [1.807, 2.05) is 36.4 Å². The molecule has 29 heavy (non-hydrogen) atoms. The molecule has 0 saturated carbocycles. The number of Topliss-reactive ketones (excluding diaryl/α,β-unsaturated/α-hetero) is 1. The van der Waals surface area contributed by atoms with Gasteiger partial charge in [-0.1, -0.05) is 60.7 Å². The lowest BCUT2D eigenvalue weighted by atomic mass is 10.1. The Hall–Kier alpha value is -2.77. The van der Waals surface area contributed by atoms with Crippen molar-refractivity contribution in [2.75, 3.05) is 26.2 Å². The molecule has 1 heterocycles. The second kappa shape index (κ2) is 9.62. The Morgan fingerprint density at radius 2 is 1.41 bits per heavy atom. The van der Waals surface area contributed by atoms with Gasteiger partial charge in [0.15, 0.2) is 5.78 Å². The zero-order chi connectivity index (χ0) is 20.7. The van der Waals surface area contributed by atoms with E-state index in [0.29, 0.717) is 18.7 Å². The molecule has 3 rings (SSSR count). The summed E-state index contributed by atoms with van der Waals surface area (Å²) in [5, 5.41) is 1.21. The molecule has 0 aliphatic carbocycles. The fourth-order valence-corrected chi connectivity index (χ4v) is 4.33. The lowest BCUT2D eigenvalue weighted by molar-refractivity contribution is -0.132. The maximum atomic E-state index is 12.5. The lowest BCUT2D eigenvalue weighted by Gasteiger charge is -2.33. The van der Waals surface area contributed by atoms with Gasteiger partial charge in [0.2, 0.25) is 15.9 Å². The van der Waals surface area contributed by atoms with Crippen LogP contribution in [0.5, 0.6) is 0 Å². The highest BCUT2D eigenvalue weighted by atomic mass is 32.2. The number of piperazine rings is 1. The van der Waals surface area contributed by atoms with E-state index in [0.717, 1.165) is 5.56 Å². The monoisotopic (exact) mass is 412 g/mol. The normalized spacial score (nSPS) is 15.5. The van der Waals surface area contributed by atoms with Crippen molar-refractivity contribution < 1.29 is 18.0 Å². The molecule has 1 amide bonds. The highest BCUT2D eigenvalue weighted by Gasteiger charge is 2.27. The summed E-state index contributed by atoms with van der Waals surface area (Å²) in [6, 6.07) is 18.1. The Morgan fingerprint density at radius 1 is 0.828 bits per heavy atom. The van der Waals surface area contributed by atoms with Crippen LogP contribution in [0.15, 0.2) is 66.1 Å². The third-order valence-electron chi connectivity index (χ3n) is 4.84. The van der Waals surface area contributed by atoms with Gasteiger partial charge in [-0.3, -0.25) is 9.59 Å². The zero-order valence-electron chi connectivity index (χ0n) is 16.1. The smallest absolute Gasteiger partial charge is 0.236 e. The molecular weight excluding hydrogens is 388 g/mol. The van der Waals surface area contributed by atoms with E-state index in [9.17, 15) is 18.0 Å². The summed E-state index contributed by atoms with van der Waals surface area (Å²) in [4.78, 5) is 26.2. The van der Waals surface area contributed by atoms with Crippen molar-refractivity contribution in [3.8, 4) is 0 Å². The molecule has 0 radical (unpaired) electrons. The Labute approximate surface area is 171 Å². The molecule has 0 aromatic heterocycles. The van der Waals surface area contributed by atoms with Crippen molar-refractivity contribution in [1.29, 1.82) is 0 Å². The van der Waals surface area contributed by atoms with Crippen LogP contribution < -0.4 is 0 Å². The second-order valence-corrected chi connectivity index (χ2v) is 8.65. The molecular formula is C22H24N2O4S. The summed E-state index contributed by atoms with van der Waals surface area (Å²) in [5.74, 6) is -0.183. The van der Waals surface area contributed by atoms with Crippen molar-refractivity contribution in [2.24, 2.45) is 0 Å². The van der Waals surface area contributed by atoms with Crippen LogP contribution in [0.2, 0.25) is 0 Å². The van der Waals surface area contributed by atoms with Crippen molar-refractivity contribution in [3.63, 3.8) is 0 Å². The van der Waals surface area contributed by atoms with E-state index in [2.05, 4.69) is 0 Å². The first-order valence-electron chi connectivity index (χ1n) is 9.55. The van der Waals surface area contributed by atoms with Crippen LogP contribution in [0, 0.1) is 0 Å². The molecule has 2 aromatic rings. The number of hydrogen-bond donors (Lipinski definition) is 0. The third kappa shape index (κ3) is 5.85. The van der Waals surface area contributed by atoms with Gasteiger partial charge in [-0.25, -0.2) is 8.42 Å². The molecule has 0 atom stereocenters. The second-order valence-electron chi connectivity index (χ2n) is 6.83. The first kappa shape index (κ1) is 21.0. The number of benzene rings is 2. The highest BCUT2D eigenvalue weighted by molar-refractivity contribution is 7.92. The predicted octanol–water partition coefficient (Wildman–Crippen LogP) is 2.79. The van der Waals surface area contributed by atoms with Crippen LogP contribution in [0.25, 0.3) is 6.08 Å². The maximum Gasteiger partial charge on any atom is 0.236 e. The van der Waals surface area contributed by atoms with Crippen LogP contribution >= 0.6 is 0 Å². The topological polar surface area (TPSA) is 74.8 Å². The lowest BCUT2D eigenvalue weighted by Crippen LogP contribution is -2.50. The van der Waals surface area contributed by atoms with Crippen molar-refractivity contribution in [2.45, 2.75) is 12.8 Å². The number of hydrogen-bond acceptors (Lipinski definition) is 4. The standard InChI is InChI=1S/C22H24N2O4S/c25-21(20-9-5-2-6-10-20)11-12-22(26)23-14-16-24(17-15-23)29(27,28)18-13-19-7-3-1-4-8-19/h1-10,13,18H,11-12,14-17H2. The van der Waals surface area contributed by atoms with Crippen molar-refractivity contribution in [1.82, 2.24) is 9.21 Å². The van der Waals surface area contributed by atoms with Gasteiger partial charge in [-0.15, -0.1) is 0 Å². The van der Waals surface area contributed by atoms with Crippen LogP contribution in [0.1, 0.15) is 28.8 Å². The molecule has 0 unspecified atom stereocenters. The molecule has 0 bridgehead atoms. The minimum atomic E-state index is -3.53. The van der Waals surface area contributed by atoms with Gasteiger partial charge in [0, 0.05) is 50.0 Å². The molecule has 1 aliphatic heterocycles. The predicted molar refractivity (Wildman–Crippen MR) is 113 cm³/mol. The van der Waals surface area contributed by atoms with Crippen LogP contribution in [-0.2, 0) is 14.8 Å². The number of rotatable bonds is 7. The summed E-state index contributed by atoms with van der Waals surface area (Å²) >= 11 is 0. The first-order chi connectivity index (χ1) is 14.0. The Balaban J connectivity index is 1.48. The average molecular weight is 413 g/mol. The summed E-state index contributed by atoms with van der Waals surface area (Å²) in [5.41, 5.74) is 1.41. The van der Waals surface area contributed by atoms with Gasteiger partial charge in [-0.05, 0) is 11.6 Å². The van der Waals surface area contributed by atoms with Crippen LogP contribution in [-0.4, -0.2) is 55.5 Å². The Morgan fingerprint density at radius 3 is 2.03 bits per heavy atom. The number of carbonyl (C=O) groups is 2. The Bertz CT molecular complexity index is 964. The number of ketones is 1. The molecule has 2 aromatic carbocycles. The SMILES string of the molecule is O=C(CCC(=O)N1CCN(S(=O)(=O)C=Cc2ccccc2)CC1)c1ccccc1. The third-order valence-corrected chi connectivity index (χ3v) is 6.41. The van der Waals surface area contributed by atoms with Gasteiger partial charge in [0.25, 0.3) is 0 Å². The van der Waals surface area contributed by atoms with Gasteiger partial charge < -0.3 is 4.90 Å². The summed E-state index contributed by atoms with van der Waals surface area (Å²) < 4.78 is 26.4. The highest BCUT2D eigenvalue weighted by Crippen LogP contribution is 2.13. The molecule has 0 spiro atoms. The molecule has 6 nitrogen and oxygen atoms in total. The number of amides is 1. The van der Waals surface area contributed by atoms with E-state index in [1.54, 1.807) is 35.2 Å². The molecule has 1 aliphatic rings. The van der Waals surface area contributed by atoms with E-state index >= 15 is 0 Å².